The van der Waals surface area contributed by atoms with Crippen molar-refractivity contribution in [1.29, 1.82) is 0 Å². The number of aromatic nitrogens is 3. The summed E-state index contributed by atoms with van der Waals surface area (Å²) in [4.78, 5) is 0. The fraction of sp³-hybridized carbons (Fsp3) is 0.188. The summed E-state index contributed by atoms with van der Waals surface area (Å²) >= 11 is 4.87. The van der Waals surface area contributed by atoms with E-state index in [1.807, 2.05) is 31.2 Å². The van der Waals surface area contributed by atoms with Gasteiger partial charge in [-0.1, -0.05) is 18.2 Å². The molecule has 9 heteroatoms. The molecule has 0 bridgehead atoms. The zero-order valence-corrected chi connectivity index (χ0v) is 14.0. The molecule has 0 atom stereocenters. The average molecular weight is 364 g/mol. The zero-order chi connectivity index (χ0) is 17.8. The Balaban J connectivity index is 1.69. The molecular formula is C16H14F2N4O2S. The summed E-state index contributed by atoms with van der Waals surface area (Å²) in [6.07, 6.45) is -1.51. The van der Waals surface area contributed by atoms with Crippen LogP contribution in [0.4, 0.5) is 8.78 Å². The first-order valence-electron chi connectivity index (χ1n) is 7.31. The molecule has 0 spiro atoms. The molecule has 3 rings (SSSR count). The monoisotopic (exact) mass is 364 g/mol. The molecule has 0 fully saturated rings. The highest BCUT2D eigenvalue weighted by atomic mass is 32.1. The maximum atomic E-state index is 12.8. The number of ether oxygens (including phenoxy) is 1. The van der Waals surface area contributed by atoms with E-state index >= 15 is 0 Å². The molecule has 25 heavy (non-hydrogen) atoms. The smallest absolute Gasteiger partial charge is 0.299 e. The van der Waals surface area contributed by atoms with Gasteiger partial charge in [0.2, 0.25) is 10.6 Å². The number of H-pyrrole nitrogens is 1. The lowest BCUT2D eigenvalue weighted by Crippen LogP contribution is -1.99. The first kappa shape index (κ1) is 17.0. The molecule has 0 aliphatic rings. The van der Waals surface area contributed by atoms with Crippen LogP contribution in [0.2, 0.25) is 0 Å². The van der Waals surface area contributed by atoms with Crippen LogP contribution >= 0.6 is 12.2 Å². The standard InChI is InChI=1S/C16H14F2N4O2S/c1-10-4-2-3-5-13(10)23-9-12-7-6-11(24-12)8-19-22-15(14(17)18)20-21-16(22)25/h2-8,14H,9H2,1H3,(H,21,25)/b19-8+. The van der Waals surface area contributed by atoms with Crippen molar-refractivity contribution in [1.82, 2.24) is 14.9 Å². The topological polar surface area (TPSA) is 68.3 Å². The van der Waals surface area contributed by atoms with Gasteiger partial charge >= 0.3 is 0 Å². The third-order valence-corrected chi connectivity index (χ3v) is 3.58. The lowest BCUT2D eigenvalue weighted by molar-refractivity contribution is 0.136. The van der Waals surface area contributed by atoms with Crippen LogP contribution in [0.1, 0.15) is 29.3 Å². The maximum absolute atomic E-state index is 12.8. The van der Waals surface area contributed by atoms with Gasteiger partial charge in [-0.05, 0) is 42.9 Å². The Bertz CT molecular complexity index is 946. The molecule has 0 saturated heterocycles. The molecule has 130 valence electrons. The van der Waals surface area contributed by atoms with Gasteiger partial charge in [-0.15, -0.1) is 0 Å². The number of para-hydroxylation sites is 1. The number of aryl methyl sites for hydroxylation is 1. The normalized spacial score (nSPS) is 11.5. The van der Waals surface area contributed by atoms with Crippen molar-refractivity contribution < 1.29 is 17.9 Å². The van der Waals surface area contributed by atoms with Crippen molar-refractivity contribution in [3.8, 4) is 5.75 Å². The van der Waals surface area contributed by atoms with E-state index in [0.29, 0.717) is 11.5 Å². The third-order valence-electron chi connectivity index (χ3n) is 3.32. The van der Waals surface area contributed by atoms with Gasteiger partial charge in [0.1, 0.15) is 23.9 Å². The number of hydrogen-bond acceptors (Lipinski definition) is 5. The van der Waals surface area contributed by atoms with Crippen LogP contribution in [0.25, 0.3) is 0 Å². The number of hydrogen-bond donors (Lipinski definition) is 1. The van der Waals surface area contributed by atoms with E-state index < -0.39 is 12.2 Å². The fourth-order valence-electron chi connectivity index (χ4n) is 2.08. The van der Waals surface area contributed by atoms with Gasteiger partial charge in [-0.2, -0.15) is 14.9 Å². The minimum absolute atomic E-state index is 0.0267. The van der Waals surface area contributed by atoms with E-state index in [9.17, 15) is 8.78 Å². The van der Waals surface area contributed by atoms with Gasteiger partial charge < -0.3 is 9.15 Å². The van der Waals surface area contributed by atoms with Crippen LogP contribution < -0.4 is 4.74 Å². The second kappa shape index (κ2) is 7.39. The van der Waals surface area contributed by atoms with Crippen LogP contribution in [0.3, 0.4) is 0 Å². The number of benzene rings is 1. The van der Waals surface area contributed by atoms with Crippen molar-refractivity contribution in [2.45, 2.75) is 20.0 Å². The number of aromatic amines is 1. The minimum atomic E-state index is -2.79. The molecular weight excluding hydrogens is 350 g/mol. The number of nitrogens with one attached hydrogen (secondary N) is 1. The molecule has 6 nitrogen and oxygen atoms in total. The second-order valence-electron chi connectivity index (χ2n) is 5.10. The van der Waals surface area contributed by atoms with Gasteiger partial charge in [0.15, 0.2) is 0 Å². The molecule has 2 aromatic heterocycles. The summed E-state index contributed by atoms with van der Waals surface area (Å²) in [5, 5.41) is 9.59. The number of rotatable bonds is 6. The predicted molar refractivity (Wildman–Crippen MR) is 89.6 cm³/mol. The first-order chi connectivity index (χ1) is 12.0. The first-order valence-corrected chi connectivity index (χ1v) is 7.72. The maximum Gasteiger partial charge on any atom is 0.299 e. The quantitative estimate of drug-likeness (QED) is 0.525. The third kappa shape index (κ3) is 4.00. The molecule has 3 aromatic rings. The van der Waals surface area contributed by atoms with Crippen molar-refractivity contribution in [2.75, 3.05) is 0 Å². The van der Waals surface area contributed by atoms with E-state index in [4.69, 9.17) is 21.4 Å². The van der Waals surface area contributed by atoms with E-state index in [2.05, 4.69) is 15.3 Å². The Kier molecular flexibility index (Phi) is 5.03. The van der Waals surface area contributed by atoms with E-state index in [1.54, 1.807) is 12.1 Å². The number of halogens is 2. The summed E-state index contributed by atoms with van der Waals surface area (Å²) in [5.74, 6) is 1.16. The van der Waals surface area contributed by atoms with Crippen LogP contribution in [0.5, 0.6) is 5.75 Å². The highest BCUT2D eigenvalue weighted by Crippen LogP contribution is 2.19. The highest BCUT2D eigenvalue weighted by molar-refractivity contribution is 7.71. The second-order valence-corrected chi connectivity index (χ2v) is 5.49. The van der Waals surface area contributed by atoms with Crippen molar-refractivity contribution >= 4 is 18.4 Å². The average Bonchev–Trinajstić information content (AvgIpc) is 3.18. The number of alkyl halides is 2. The minimum Gasteiger partial charge on any atom is -0.485 e. The van der Waals surface area contributed by atoms with Crippen LogP contribution in [0, 0.1) is 11.7 Å². The number of furan rings is 1. The molecule has 2 heterocycles. The number of nitrogens with zero attached hydrogens (tertiary/aromatic N) is 3. The largest absolute Gasteiger partial charge is 0.485 e. The van der Waals surface area contributed by atoms with Crippen molar-refractivity contribution in [3.63, 3.8) is 0 Å². The molecule has 0 saturated carbocycles. The highest BCUT2D eigenvalue weighted by Gasteiger charge is 2.16. The zero-order valence-electron chi connectivity index (χ0n) is 13.1. The summed E-state index contributed by atoms with van der Waals surface area (Å²) in [7, 11) is 0. The predicted octanol–water partition coefficient (Wildman–Crippen LogP) is 4.24. The van der Waals surface area contributed by atoms with Crippen LogP contribution in [0.15, 0.2) is 45.9 Å². The van der Waals surface area contributed by atoms with Gasteiger partial charge in [0.25, 0.3) is 6.43 Å². The Morgan fingerprint density at radius 2 is 2.16 bits per heavy atom. The van der Waals surface area contributed by atoms with Gasteiger partial charge in [0.05, 0.1) is 6.21 Å². The molecule has 0 aliphatic carbocycles. The molecule has 1 aromatic carbocycles. The SMILES string of the molecule is Cc1ccccc1OCc1ccc(/C=N/n2c(C(F)F)n[nH]c2=S)o1. The summed E-state index contributed by atoms with van der Waals surface area (Å²) < 4.78 is 37.7. The Morgan fingerprint density at radius 3 is 2.92 bits per heavy atom. The van der Waals surface area contributed by atoms with Gasteiger partial charge in [-0.3, -0.25) is 0 Å². The van der Waals surface area contributed by atoms with Crippen LogP contribution in [-0.4, -0.2) is 21.1 Å². The van der Waals surface area contributed by atoms with E-state index in [-0.39, 0.29) is 11.4 Å². The molecule has 0 unspecified atom stereocenters. The summed E-state index contributed by atoms with van der Waals surface area (Å²) in [5.41, 5.74) is 1.02. The van der Waals surface area contributed by atoms with Crippen LogP contribution in [-0.2, 0) is 6.61 Å². The van der Waals surface area contributed by atoms with Gasteiger partial charge in [0, 0.05) is 0 Å². The summed E-state index contributed by atoms with van der Waals surface area (Å²) in [6, 6.07) is 11.0. The fourth-order valence-corrected chi connectivity index (χ4v) is 2.27. The van der Waals surface area contributed by atoms with Crippen molar-refractivity contribution in [3.05, 3.63) is 64.1 Å². The van der Waals surface area contributed by atoms with E-state index in [0.717, 1.165) is 16.0 Å². The molecule has 0 amide bonds. The lowest BCUT2D eigenvalue weighted by Gasteiger charge is -2.06. The summed E-state index contributed by atoms with van der Waals surface area (Å²) in [6.45, 7) is 2.19. The Morgan fingerprint density at radius 1 is 1.36 bits per heavy atom. The van der Waals surface area contributed by atoms with Gasteiger partial charge in [-0.25, -0.2) is 13.9 Å². The molecule has 0 aliphatic heterocycles. The molecule has 0 radical (unpaired) electrons. The van der Waals surface area contributed by atoms with E-state index in [1.165, 1.54) is 6.21 Å². The molecule has 1 N–H and O–H groups in total. The Labute approximate surface area is 146 Å². The lowest BCUT2D eigenvalue weighted by atomic mass is 10.2. The van der Waals surface area contributed by atoms with Crippen molar-refractivity contribution in [2.24, 2.45) is 5.10 Å². The Hall–Kier alpha value is -2.81.